The second-order valence-corrected chi connectivity index (χ2v) is 2.80. The number of hydrogen-bond donors (Lipinski definition) is 3. The van der Waals surface area contributed by atoms with Crippen LogP contribution in [-0.4, -0.2) is 16.9 Å². The fourth-order valence-corrected chi connectivity index (χ4v) is 1.04. The molecule has 0 aromatic rings. The highest BCUT2D eigenvalue weighted by Crippen LogP contribution is 1.96. The SMILES string of the molecule is C=C(C)N[C@@H](CS)C(=O)S. The minimum Gasteiger partial charge on any atom is -0.378 e. The van der Waals surface area contributed by atoms with Gasteiger partial charge in [-0.2, -0.15) is 12.6 Å². The van der Waals surface area contributed by atoms with Gasteiger partial charge in [-0.25, -0.2) is 0 Å². The normalized spacial score (nSPS) is 12.3. The Hall–Kier alpha value is -0.0900. The molecule has 10 heavy (non-hydrogen) atoms. The van der Waals surface area contributed by atoms with Gasteiger partial charge in [0.25, 0.3) is 0 Å². The van der Waals surface area contributed by atoms with Gasteiger partial charge < -0.3 is 5.32 Å². The molecule has 0 aliphatic carbocycles. The quantitative estimate of drug-likeness (QED) is 0.556. The molecule has 58 valence electrons. The highest BCUT2D eigenvalue weighted by Gasteiger charge is 2.10. The van der Waals surface area contributed by atoms with Crippen LogP contribution >= 0.6 is 25.3 Å². The van der Waals surface area contributed by atoms with E-state index in [2.05, 4.69) is 37.2 Å². The second-order valence-electron chi connectivity index (χ2n) is 2.00. The molecule has 1 N–H and O–H groups in total. The fraction of sp³-hybridized carbons (Fsp3) is 0.500. The van der Waals surface area contributed by atoms with Crippen LogP contribution in [0.3, 0.4) is 0 Å². The van der Waals surface area contributed by atoms with Gasteiger partial charge in [-0.05, 0) is 6.92 Å². The third kappa shape index (κ3) is 3.85. The average Bonchev–Trinajstić information content (AvgIpc) is 1.81. The molecular formula is C6H11NOS2. The summed E-state index contributed by atoms with van der Waals surface area (Å²) >= 11 is 7.61. The van der Waals surface area contributed by atoms with E-state index in [1.54, 1.807) is 6.92 Å². The summed E-state index contributed by atoms with van der Waals surface area (Å²) in [6.07, 6.45) is 0. The molecule has 0 aromatic heterocycles. The summed E-state index contributed by atoms with van der Waals surface area (Å²) in [5, 5.41) is 2.62. The van der Waals surface area contributed by atoms with E-state index in [1.807, 2.05) is 0 Å². The standard InChI is InChI=1S/C6H11NOS2/c1-4(2)7-5(3-9)6(8)10/h5,7,9H,1,3H2,2H3,(H,8,10)/t5-/m0/s1. The number of carbonyl (C=O) groups is 1. The molecule has 0 aliphatic heterocycles. The van der Waals surface area contributed by atoms with E-state index in [4.69, 9.17) is 0 Å². The van der Waals surface area contributed by atoms with Crippen LogP contribution in [0.25, 0.3) is 0 Å². The van der Waals surface area contributed by atoms with Crippen LogP contribution < -0.4 is 5.32 Å². The summed E-state index contributed by atoms with van der Waals surface area (Å²) in [6, 6.07) is -0.316. The first kappa shape index (κ1) is 9.91. The summed E-state index contributed by atoms with van der Waals surface area (Å²) < 4.78 is 0. The molecule has 0 fully saturated rings. The van der Waals surface area contributed by atoms with Gasteiger partial charge in [-0.1, -0.05) is 6.58 Å². The summed E-state index contributed by atoms with van der Waals surface area (Å²) in [4.78, 5) is 10.6. The first-order chi connectivity index (χ1) is 4.57. The minimum atomic E-state index is -0.316. The first-order valence-corrected chi connectivity index (χ1v) is 3.91. The third-order valence-corrected chi connectivity index (χ3v) is 1.58. The lowest BCUT2D eigenvalue weighted by Crippen LogP contribution is -2.34. The van der Waals surface area contributed by atoms with Crippen molar-refractivity contribution in [3.8, 4) is 0 Å². The van der Waals surface area contributed by atoms with Gasteiger partial charge in [0, 0.05) is 11.4 Å². The van der Waals surface area contributed by atoms with Gasteiger partial charge in [-0.3, -0.25) is 4.79 Å². The second kappa shape index (κ2) is 4.68. The maximum atomic E-state index is 10.6. The lowest BCUT2D eigenvalue weighted by Gasteiger charge is -2.12. The van der Waals surface area contributed by atoms with Gasteiger partial charge in [0.1, 0.15) is 6.04 Å². The van der Waals surface area contributed by atoms with Crippen molar-refractivity contribution in [1.29, 1.82) is 0 Å². The topological polar surface area (TPSA) is 29.1 Å². The first-order valence-electron chi connectivity index (χ1n) is 2.83. The van der Waals surface area contributed by atoms with Crippen LogP contribution in [0.5, 0.6) is 0 Å². The molecule has 0 spiro atoms. The number of nitrogens with one attached hydrogen (secondary N) is 1. The third-order valence-electron chi connectivity index (χ3n) is 0.901. The van der Waals surface area contributed by atoms with E-state index in [1.165, 1.54) is 0 Å². The summed E-state index contributed by atoms with van der Waals surface area (Å²) in [7, 11) is 0. The highest BCUT2D eigenvalue weighted by molar-refractivity contribution is 7.96. The van der Waals surface area contributed by atoms with Crippen molar-refractivity contribution in [2.45, 2.75) is 13.0 Å². The predicted molar refractivity (Wildman–Crippen MR) is 49.6 cm³/mol. The maximum absolute atomic E-state index is 10.6. The Morgan fingerprint density at radius 1 is 1.80 bits per heavy atom. The zero-order valence-corrected chi connectivity index (χ0v) is 7.58. The van der Waals surface area contributed by atoms with Crippen molar-refractivity contribution in [2.75, 3.05) is 5.75 Å². The summed E-state index contributed by atoms with van der Waals surface area (Å²) in [5.41, 5.74) is 0.751. The molecule has 0 aromatic carbocycles. The molecule has 0 heterocycles. The van der Waals surface area contributed by atoms with Crippen molar-refractivity contribution in [3.63, 3.8) is 0 Å². The Labute approximate surface area is 71.9 Å². The van der Waals surface area contributed by atoms with Crippen LogP contribution in [0.4, 0.5) is 0 Å². The van der Waals surface area contributed by atoms with E-state index >= 15 is 0 Å². The molecule has 0 saturated heterocycles. The Kier molecular flexibility index (Phi) is 4.64. The van der Waals surface area contributed by atoms with E-state index in [0.29, 0.717) is 5.75 Å². The predicted octanol–water partition coefficient (Wildman–Crippen LogP) is 0.864. The highest BCUT2D eigenvalue weighted by atomic mass is 32.1. The summed E-state index contributed by atoms with van der Waals surface area (Å²) in [6.45, 7) is 5.38. The zero-order valence-electron chi connectivity index (χ0n) is 5.79. The molecule has 4 heteroatoms. The van der Waals surface area contributed by atoms with Gasteiger partial charge in [0.2, 0.25) is 5.12 Å². The molecule has 0 aliphatic rings. The Bertz CT molecular complexity index is 147. The van der Waals surface area contributed by atoms with Crippen molar-refractivity contribution < 1.29 is 4.79 Å². The average molecular weight is 177 g/mol. The molecule has 0 saturated carbocycles. The number of thiol groups is 2. The van der Waals surface area contributed by atoms with Gasteiger partial charge in [-0.15, -0.1) is 12.6 Å². The van der Waals surface area contributed by atoms with Crippen LogP contribution in [0.2, 0.25) is 0 Å². The molecular weight excluding hydrogens is 166 g/mol. The van der Waals surface area contributed by atoms with E-state index in [0.717, 1.165) is 5.70 Å². The Morgan fingerprint density at radius 3 is 2.40 bits per heavy atom. The summed E-state index contributed by atoms with van der Waals surface area (Å²) in [5.74, 6) is 0.440. The molecule has 0 bridgehead atoms. The largest absolute Gasteiger partial charge is 0.378 e. The van der Waals surface area contributed by atoms with Gasteiger partial charge >= 0.3 is 0 Å². The number of hydrogen-bond acceptors (Lipinski definition) is 3. The monoisotopic (exact) mass is 177 g/mol. The smallest absolute Gasteiger partial charge is 0.208 e. The molecule has 2 nitrogen and oxygen atoms in total. The van der Waals surface area contributed by atoms with Crippen molar-refractivity contribution in [3.05, 3.63) is 12.3 Å². The molecule has 0 amide bonds. The molecule has 1 atom stereocenters. The van der Waals surface area contributed by atoms with Crippen LogP contribution in [0.15, 0.2) is 12.3 Å². The van der Waals surface area contributed by atoms with Crippen molar-refractivity contribution >= 4 is 30.4 Å². The zero-order chi connectivity index (χ0) is 8.15. The van der Waals surface area contributed by atoms with Gasteiger partial charge in [0.05, 0.1) is 0 Å². The molecule has 0 radical (unpaired) electrons. The number of allylic oxidation sites excluding steroid dienone is 1. The lowest BCUT2D eigenvalue weighted by atomic mass is 10.3. The van der Waals surface area contributed by atoms with Crippen LogP contribution in [0.1, 0.15) is 6.92 Å². The van der Waals surface area contributed by atoms with Crippen LogP contribution in [0, 0.1) is 0 Å². The van der Waals surface area contributed by atoms with Crippen molar-refractivity contribution in [2.24, 2.45) is 0 Å². The van der Waals surface area contributed by atoms with Gasteiger partial charge in [0.15, 0.2) is 0 Å². The minimum absolute atomic E-state index is 0.210. The van der Waals surface area contributed by atoms with Crippen molar-refractivity contribution in [1.82, 2.24) is 5.32 Å². The molecule has 0 unspecified atom stereocenters. The van der Waals surface area contributed by atoms with E-state index in [9.17, 15) is 4.79 Å². The lowest BCUT2D eigenvalue weighted by molar-refractivity contribution is -0.111. The van der Waals surface area contributed by atoms with E-state index < -0.39 is 0 Å². The van der Waals surface area contributed by atoms with Crippen LogP contribution in [-0.2, 0) is 4.79 Å². The fourth-order valence-electron chi connectivity index (χ4n) is 0.483. The maximum Gasteiger partial charge on any atom is 0.208 e. The Morgan fingerprint density at radius 2 is 2.30 bits per heavy atom. The molecule has 0 rings (SSSR count). The van der Waals surface area contributed by atoms with E-state index in [-0.39, 0.29) is 11.2 Å². The number of carbonyl (C=O) groups excluding carboxylic acids is 1. The number of rotatable bonds is 4. The Balaban J connectivity index is 3.83.